The van der Waals surface area contributed by atoms with E-state index >= 15 is 0 Å². The zero-order valence-electron chi connectivity index (χ0n) is 10.2. The summed E-state index contributed by atoms with van der Waals surface area (Å²) in [6, 6.07) is 10.0. The van der Waals surface area contributed by atoms with E-state index in [1.54, 1.807) is 0 Å². The van der Waals surface area contributed by atoms with Gasteiger partial charge in [0.25, 0.3) is 0 Å². The Morgan fingerprint density at radius 2 is 1.47 bits per heavy atom. The first-order valence-electron chi connectivity index (χ1n) is 6.02. The summed E-state index contributed by atoms with van der Waals surface area (Å²) < 4.78 is 0. The summed E-state index contributed by atoms with van der Waals surface area (Å²) >= 11 is 0. The zero-order chi connectivity index (χ0) is 11.4. The molecule has 0 aliphatic heterocycles. The van der Waals surface area contributed by atoms with Gasteiger partial charge >= 0.3 is 0 Å². The fourth-order valence-electron chi connectivity index (χ4n) is 1.27. The average Bonchev–Trinajstić information content (AvgIpc) is 2.32. The van der Waals surface area contributed by atoms with Crippen molar-refractivity contribution in [3.05, 3.63) is 42.5 Å². The third-order valence-corrected chi connectivity index (χ3v) is 2.24. The van der Waals surface area contributed by atoms with Crippen LogP contribution in [0.25, 0.3) is 6.08 Å². The number of unbranched alkanes of at least 4 members (excludes halogenated alkanes) is 4. The molecule has 0 heterocycles. The highest BCUT2D eigenvalue weighted by Crippen LogP contribution is 2.00. The molecule has 0 unspecified atom stereocenters. The van der Waals surface area contributed by atoms with Crippen LogP contribution in [0.2, 0.25) is 0 Å². The van der Waals surface area contributed by atoms with E-state index in [9.17, 15) is 0 Å². The Hall–Kier alpha value is -1.04. The molecule has 0 bridgehead atoms. The minimum absolute atomic E-state index is 1.17. The van der Waals surface area contributed by atoms with E-state index in [4.69, 9.17) is 0 Å². The maximum atomic E-state index is 3.63. The van der Waals surface area contributed by atoms with Crippen LogP contribution in [0.3, 0.4) is 0 Å². The summed E-state index contributed by atoms with van der Waals surface area (Å²) in [6.07, 6.45) is 8.84. The third-order valence-electron chi connectivity index (χ3n) is 2.24. The van der Waals surface area contributed by atoms with Crippen LogP contribution in [-0.2, 0) is 0 Å². The van der Waals surface area contributed by atoms with E-state index in [0.29, 0.717) is 0 Å². The van der Waals surface area contributed by atoms with Gasteiger partial charge in [0.05, 0.1) is 0 Å². The highest BCUT2D eigenvalue weighted by Gasteiger charge is 1.80. The van der Waals surface area contributed by atoms with Gasteiger partial charge in [-0.1, -0.05) is 88.9 Å². The first-order chi connectivity index (χ1) is 7.35. The van der Waals surface area contributed by atoms with E-state index in [-0.39, 0.29) is 0 Å². The summed E-state index contributed by atoms with van der Waals surface area (Å²) in [4.78, 5) is 0. The molecule has 1 rings (SSSR count). The van der Waals surface area contributed by atoms with Gasteiger partial charge in [-0.2, -0.15) is 0 Å². The zero-order valence-corrected chi connectivity index (χ0v) is 10.2. The van der Waals surface area contributed by atoms with Crippen molar-refractivity contribution < 1.29 is 0 Å². The van der Waals surface area contributed by atoms with Gasteiger partial charge in [0, 0.05) is 0 Å². The topological polar surface area (TPSA) is 0 Å². The number of hydrogen-bond acceptors (Lipinski definition) is 0. The van der Waals surface area contributed by atoms with Crippen molar-refractivity contribution in [2.45, 2.75) is 46.0 Å². The smallest absolute Gasteiger partial charge is 0.0263 e. The first-order valence-corrected chi connectivity index (χ1v) is 6.02. The molecule has 0 fully saturated rings. The standard InChI is InChI=1S/C8H8.C7H16/c1-2-8-6-4-3-5-7-8;1-3-5-7-6-4-2/h2-7H,1H2;3-7H2,1-2H3. The Kier molecular flexibility index (Phi) is 10.3. The molecule has 84 valence electrons. The lowest BCUT2D eigenvalue weighted by molar-refractivity contribution is 0.656. The van der Waals surface area contributed by atoms with Gasteiger partial charge in [-0.05, 0) is 5.56 Å². The summed E-state index contributed by atoms with van der Waals surface area (Å²) in [5.41, 5.74) is 1.17. The fourth-order valence-corrected chi connectivity index (χ4v) is 1.27. The van der Waals surface area contributed by atoms with Crippen molar-refractivity contribution in [3.63, 3.8) is 0 Å². The summed E-state index contributed by atoms with van der Waals surface area (Å²) in [5, 5.41) is 0. The van der Waals surface area contributed by atoms with Gasteiger partial charge < -0.3 is 0 Å². The predicted octanol–water partition coefficient (Wildman–Crippen LogP) is 5.31. The average molecular weight is 204 g/mol. The van der Waals surface area contributed by atoms with Crippen LogP contribution in [0, 0.1) is 0 Å². The highest BCUT2D eigenvalue weighted by atomic mass is 13.9. The largest absolute Gasteiger partial charge is 0.0985 e. The van der Waals surface area contributed by atoms with Gasteiger partial charge in [0.15, 0.2) is 0 Å². The molecule has 0 aromatic heterocycles. The number of benzene rings is 1. The van der Waals surface area contributed by atoms with Crippen molar-refractivity contribution in [1.29, 1.82) is 0 Å². The monoisotopic (exact) mass is 204 g/mol. The summed E-state index contributed by atoms with van der Waals surface area (Å²) in [7, 11) is 0. The SMILES string of the molecule is C=Cc1ccccc1.CCCCCCC. The number of hydrogen-bond donors (Lipinski definition) is 0. The van der Waals surface area contributed by atoms with Gasteiger partial charge in [0.1, 0.15) is 0 Å². The molecule has 15 heavy (non-hydrogen) atoms. The molecule has 0 saturated heterocycles. The van der Waals surface area contributed by atoms with E-state index in [2.05, 4.69) is 20.4 Å². The van der Waals surface area contributed by atoms with Crippen molar-refractivity contribution in [3.8, 4) is 0 Å². The van der Waals surface area contributed by atoms with E-state index in [1.807, 2.05) is 36.4 Å². The second kappa shape index (κ2) is 11.0. The van der Waals surface area contributed by atoms with Gasteiger partial charge in [-0.15, -0.1) is 0 Å². The molecule has 0 radical (unpaired) electrons. The van der Waals surface area contributed by atoms with Crippen LogP contribution >= 0.6 is 0 Å². The molecular formula is C15H24. The molecule has 0 N–H and O–H groups in total. The van der Waals surface area contributed by atoms with Crippen molar-refractivity contribution in [2.75, 3.05) is 0 Å². The Labute approximate surface area is 95.0 Å². The van der Waals surface area contributed by atoms with Crippen LogP contribution in [-0.4, -0.2) is 0 Å². The van der Waals surface area contributed by atoms with Crippen molar-refractivity contribution in [2.24, 2.45) is 0 Å². The summed E-state index contributed by atoms with van der Waals surface area (Å²) in [6.45, 7) is 8.12. The first kappa shape index (κ1) is 14.0. The second-order valence-corrected chi connectivity index (χ2v) is 3.68. The summed E-state index contributed by atoms with van der Waals surface area (Å²) in [5.74, 6) is 0. The molecule has 1 aromatic rings. The molecule has 0 spiro atoms. The lowest BCUT2D eigenvalue weighted by Crippen LogP contribution is -1.70. The number of rotatable bonds is 5. The van der Waals surface area contributed by atoms with Gasteiger partial charge in [-0.25, -0.2) is 0 Å². The Balaban J connectivity index is 0.000000265. The molecule has 0 atom stereocenters. The van der Waals surface area contributed by atoms with Crippen LogP contribution < -0.4 is 0 Å². The Bertz CT molecular complexity index is 219. The minimum Gasteiger partial charge on any atom is -0.0985 e. The van der Waals surface area contributed by atoms with Crippen LogP contribution in [0.5, 0.6) is 0 Å². The maximum Gasteiger partial charge on any atom is -0.0263 e. The Morgan fingerprint density at radius 1 is 0.933 bits per heavy atom. The molecule has 0 amide bonds. The normalized spacial score (nSPS) is 8.93. The van der Waals surface area contributed by atoms with Gasteiger partial charge in [0.2, 0.25) is 0 Å². The van der Waals surface area contributed by atoms with Crippen molar-refractivity contribution in [1.82, 2.24) is 0 Å². The van der Waals surface area contributed by atoms with Gasteiger partial charge in [-0.3, -0.25) is 0 Å². The molecule has 0 aliphatic carbocycles. The molecule has 0 aliphatic rings. The highest BCUT2D eigenvalue weighted by molar-refractivity contribution is 5.45. The predicted molar refractivity (Wildman–Crippen MR) is 71.0 cm³/mol. The van der Waals surface area contributed by atoms with Crippen LogP contribution in [0.4, 0.5) is 0 Å². The molecule has 0 nitrogen and oxygen atoms in total. The second-order valence-electron chi connectivity index (χ2n) is 3.68. The van der Waals surface area contributed by atoms with Crippen molar-refractivity contribution >= 4 is 6.08 Å². The molecule has 1 aromatic carbocycles. The quantitative estimate of drug-likeness (QED) is 0.570. The fraction of sp³-hybridized carbons (Fsp3) is 0.467. The maximum absolute atomic E-state index is 3.63. The molecule has 0 heteroatoms. The van der Waals surface area contributed by atoms with Crippen LogP contribution in [0.15, 0.2) is 36.9 Å². The van der Waals surface area contributed by atoms with E-state index < -0.39 is 0 Å². The Morgan fingerprint density at radius 3 is 1.80 bits per heavy atom. The van der Waals surface area contributed by atoms with E-state index in [0.717, 1.165) is 0 Å². The van der Waals surface area contributed by atoms with Crippen LogP contribution in [0.1, 0.15) is 51.5 Å². The third kappa shape index (κ3) is 9.27. The lowest BCUT2D eigenvalue weighted by Gasteiger charge is -1.90. The minimum atomic E-state index is 1.17. The lowest BCUT2D eigenvalue weighted by atomic mass is 10.2. The molecular weight excluding hydrogens is 180 g/mol. The van der Waals surface area contributed by atoms with E-state index in [1.165, 1.54) is 37.7 Å². The molecule has 0 saturated carbocycles.